The van der Waals surface area contributed by atoms with E-state index >= 15 is 0 Å². The summed E-state index contributed by atoms with van der Waals surface area (Å²) >= 11 is 0. The summed E-state index contributed by atoms with van der Waals surface area (Å²) in [5.74, 6) is 0.967. The minimum atomic E-state index is -0.0536. The Morgan fingerprint density at radius 3 is 2.00 bits per heavy atom. The number of carbonyl (C=O) groups excluding carboxylic acids is 3. The van der Waals surface area contributed by atoms with Crippen LogP contribution in [0.2, 0.25) is 0 Å². The van der Waals surface area contributed by atoms with E-state index in [1.807, 2.05) is 70.5 Å². The number of nitrogens with one attached hydrogen (secondary N) is 1. The molecule has 1 saturated heterocycles. The highest BCUT2D eigenvalue weighted by Gasteiger charge is 2.32. The summed E-state index contributed by atoms with van der Waals surface area (Å²) in [7, 11) is 1.62. The third-order valence-electron chi connectivity index (χ3n) is 8.97. The fourth-order valence-corrected chi connectivity index (χ4v) is 6.34. The van der Waals surface area contributed by atoms with Crippen molar-refractivity contribution in [1.82, 2.24) is 15.1 Å². The van der Waals surface area contributed by atoms with E-state index < -0.39 is 0 Å². The summed E-state index contributed by atoms with van der Waals surface area (Å²) < 4.78 is 5.27. The molecule has 0 bridgehead atoms. The molecule has 7 heteroatoms. The highest BCUT2D eigenvalue weighted by Crippen LogP contribution is 2.28. The van der Waals surface area contributed by atoms with Crippen molar-refractivity contribution in [3.05, 3.63) is 102 Å². The number of ether oxygens (including phenoxy) is 1. The molecule has 226 valence electrons. The van der Waals surface area contributed by atoms with Crippen molar-refractivity contribution < 1.29 is 19.1 Å². The number of nitrogens with zero attached hydrogens (tertiary/aromatic N) is 2. The number of hydrogen-bond acceptors (Lipinski definition) is 4. The lowest BCUT2D eigenvalue weighted by Gasteiger charge is -2.38. The van der Waals surface area contributed by atoms with Crippen LogP contribution in [0.1, 0.15) is 66.4 Å². The zero-order valence-electron chi connectivity index (χ0n) is 25.1. The number of benzene rings is 3. The first-order valence-electron chi connectivity index (χ1n) is 15.6. The number of rotatable bonds is 10. The van der Waals surface area contributed by atoms with Crippen LogP contribution >= 0.6 is 0 Å². The highest BCUT2D eigenvalue weighted by atomic mass is 16.5. The van der Waals surface area contributed by atoms with Gasteiger partial charge in [0.05, 0.1) is 7.11 Å². The average molecular weight is 582 g/mol. The number of aryl methyl sites for hydroxylation is 1. The fourth-order valence-electron chi connectivity index (χ4n) is 6.34. The summed E-state index contributed by atoms with van der Waals surface area (Å²) in [4.78, 5) is 43.5. The third-order valence-corrected chi connectivity index (χ3v) is 8.97. The van der Waals surface area contributed by atoms with Crippen LogP contribution in [-0.2, 0) is 22.6 Å². The molecule has 5 rings (SSSR count). The van der Waals surface area contributed by atoms with E-state index in [9.17, 15) is 14.4 Å². The van der Waals surface area contributed by atoms with E-state index in [4.69, 9.17) is 4.74 Å². The topological polar surface area (TPSA) is 79.0 Å². The van der Waals surface area contributed by atoms with Gasteiger partial charge in [-0.05, 0) is 80.3 Å². The number of amides is 3. The quantitative estimate of drug-likeness (QED) is 0.336. The average Bonchev–Trinajstić information content (AvgIpc) is 3.07. The van der Waals surface area contributed by atoms with Crippen molar-refractivity contribution >= 4 is 17.7 Å². The Bertz CT molecular complexity index is 1330. The van der Waals surface area contributed by atoms with Gasteiger partial charge in [0, 0.05) is 49.6 Å². The number of likely N-dealkylation sites (tertiary alicyclic amines) is 1. The van der Waals surface area contributed by atoms with Crippen molar-refractivity contribution in [2.45, 2.75) is 70.0 Å². The van der Waals surface area contributed by atoms with Crippen LogP contribution in [0.5, 0.6) is 5.75 Å². The Hall–Kier alpha value is -4.13. The maximum atomic E-state index is 13.7. The van der Waals surface area contributed by atoms with Gasteiger partial charge in [0.1, 0.15) is 5.75 Å². The van der Waals surface area contributed by atoms with Gasteiger partial charge in [0.15, 0.2) is 0 Å². The molecule has 1 aliphatic heterocycles. The molecule has 1 N–H and O–H groups in total. The van der Waals surface area contributed by atoms with E-state index in [0.29, 0.717) is 44.5 Å². The summed E-state index contributed by atoms with van der Waals surface area (Å²) in [6.07, 6.45) is 6.04. The van der Waals surface area contributed by atoms with Crippen LogP contribution in [0.4, 0.5) is 0 Å². The molecule has 1 saturated carbocycles. The monoisotopic (exact) mass is 581 g/mol. The van der Waals surface area contributed by atoms with Gasteiger partial charge in [0.2, 0.25) is 11.8 Å². The van der Waals surface area contributed by atoms with Gasteiger partial charge >= 0.3 is 0 Å². The summed E-state index contributed by atoms with van der Waals surface area (Å²) in [5.41, 5.74) is 2.93. The maximum Gasteiger partial charge on any atom is 0.254 e. The number of hydrogen-bond donors (Lipinski definition) is 1. The van der Waals surface area contributed by atoms with Gasteiger partial charge in [-0.3, -0.25) is 14.4 Å². The van der Waals surface area contributed by atoms with Crippen LogP contribution in [0.3, 0.4) is 0 Å². The second-order valence-corrected chi connectivity index (χ2v) is 11.8. The minimum Gasteiger partial charge on any atom is -0.497 e. The normalized spacial score (nSPS) is 19.0. The summed E-state index contributed by atoms with van der Waals surface area (Å²) in [6.45, 7) is 1.83. The smallest absolute Gasteiger partial charge is 0.254 e. The number of methoxy groups -OCH3 is 1. The van der Waals surface area contributed by atoms with Crippen LogP contribution in [0, 0.1) is 5.92 Å². The third kappa shape index (κ3) is 8.25. The zero-order chi connectivity index (χ0) is 30.0. The molecule has 43 heavy (non-hydrogen) atoms. The summed E-state index contributed by atoms with van der Waals surface area (Å²) in [6, 6.07) is 27.7. The molecule has 3 aromatic rings. The zero-order valence-corrected chi connectivity index (χ0v) is 25.1. The molecule has 1 aliphatic carbocycles. The molecule has 0 spiro atoms. The fraction of sp³-hybridized carbons (Fsp3) is 0.417. The lowest BCUT2D eigenvalue weighted by molar-refractivity contribution is -0.135. The first-order chi connectivity index (χ1) is 21.0. The van der Waals surface area contributed by atoms with E-state index in [1.54, 1.807) is 7.11 Å². The molecule has 0 aromatic heterocycles. The molecule has 0 radical (unpaired) electrons. The van der Waals surface area contributed by atoms with E-state index in [0.717, 1.165) is 43.4 Å². The van der Waals surface area contributed by atoms with Crippen LogP contribution in [0.15, 0.2) is 84.9 Å². The Morgan fingerprint density at radius 1 is 0.791 bits per heavy atom. The molecule has 7 nitrogen and oxygen atoms in total. The van der Waals surface area contributed by atoms with Gasteiger partial charge < -0.3 is 19.9 Å². The maximum absolute atomic E-state index is 13.7. The molecule has 1 heterocycles. The second kappa shape index (κ2) is 14.9. The standard InChI is InChI=1S/C36H43N3O4/c1-43-33-19-13-30(14-20-33)36(42)39(26-28-10-6-3-7-11-28)32-17-15-31(16-18-32)37-35(41)29-22-24-38(25-23-29)34(40)21-12-27-8-4-2-5-9-27/h2-11,13-14,19-20,29,31-32H,12,15-18,21-26H2,1H3,(H,37,41). The molecule has 2 aliphatic rings. The van der Waals surface area contributed by atoms with Crippen molar-refractivity contribution in [2.24, 2.45) is 5.92 Å². The molecule has 3 amide bonds. The van der Waals surface area contributed by atoms with Gasteiger partial charge in [-0.2, -0.15) is 0 Å². The Balaban J connectivity index is 1.10. The van der Waals surface area contributed by atoms with Crippen molar-refractivity contribution in [2.75, 3.05) is 20.2 Å². The van der Waals surface area contributed by atoms with Crippen LogP contribution in [0.25, 0.3) is 0 Å². The van der Waals surface area contributed by atoms with Crippen molar-refractivity contribution in [3.8, 4) is 5.75 Å². The molecule has 3 aromatic carbocycles. The Kier molecular flexibility index (Phi) is 10.5. The van der Waals surface area contributed by atoms with Gasteiger partial charge in [0.25, 0.3) is 5.91 Å². The summed E-state index contributed by atoms with van der Waals surface area (Å²) in [5, 5.41) is 3.30. The highest BCUT2D eigenvalue weighted by molar-refractivity contribution is 5.94. The predicted octanol–water partition coefficient (Wildman–Crippen LogP) is 5.64. The number of piperidine rings is 1. The molecular formula is C36H43N3O4. The van der Waals surface area contributed by atoms with E-state index in [1.165, 1.54) is 5.56 Å². The largest absolute Gasteiger partial charge is 0.497 e. The second-order valence-electron chi connectivity index (χ2n) is 11.8. The minimum absolute atomic E-state index is 0.0177. The first-order valence-corrected chi connectivity index (χ1v) is 15.6. The van der Waals surface area contributed by atoms with Gasteiger partial charge in [-0.1, -0.05) is 60.7 Å². The molecular weight excluding hydrogens is 538 g/mol. The van der Waals surface area contributed by atoms with Crippen LogP contribution in [-0.4, -0.2) is 59.8 Å². The van der Waals surface area contributed by atoms with Crippen molar-refractivity contribution in [1.29, 1.82) is 0 Å². The number of carbonyl (C=O) groups is 3. The molecule has 0 atom stereocenters. The van der Waals surface area contributed by atoms with E-state index in [-0.39, 0.29) is 35.7 Å². The lowest BCUT2D eigenvalue weighted by atomic mass is 9.88. The molecule has 2 fully saturated rings. The molecule has 0 unspecified atom stereocenters. The lowest BCUT2D eigenvalue weighted by Crippen LogP contribution is -2.48. The van der Waals surface area contributed by atoms with Gasteiger partial charge in [-0.25, -0.2) is 0 Å². The van der Waals surface area contributed by atoms with Crippen LogP contribution < -0.4 is 10.1 Å². The SMILES string of the molecule is COc1ccc(C(=O)N(Cc2ccccc2)C2CCC(NC(=O)C3CCN(C(=O)CCc4ccccc4)CC3)CC2)cc1. The Labute approximate surface area is 255 Å². The van der Waals surface area contributed by atoms with E-state index in [2.05, 4.69) is 29.6 Å². The Morgan fingerprint density at radius 2 is 1.40 bits per heavy atom. The van der Waals surface area contributed by atoms with Gasteiger partial charge in [-0.15, -0.1) is 0 Å². The van der Waals surface area contributed by atoms with Crippen molar-refractivity contribution in [3.63, 3.8) is 0 Å². The predicted molar refractivity (Wildman–Crippen MR) is 168 cm³/mol. The first kappa shape index (κ1) is 30.3.